The number of carbonyl (C=O) groups is 2. The zero-order valence-corrected chi connectivity index (χ0v) is 12.9. The van der Waals surface area contributed by atoms with Gasteiger partial charge in [0.05, 0.1) is 6.61 Å². The number of aliphatic hydroxyl groups is 3. The first kappa shape index (κ1) is 19.0. The van der Waals surface area contributed by atoms with Crippen LogP contribution in [0.4, 0.5) is 0 Å². The predicted molar refractivity (Wildman–Crippen MR) is 75.8 cm³/mol. The second kappa shape index (κ2) is 9.16. The van der Waals surface area contributed by atoms with Gasteiger partial charge in [0, 0.05) is 20.0 Å². The molecule has 0 aromatic carbocycles. The van der Waals surface area contributed by atoms with Crippen molar-refractivity contribution in [3.63, 3.8) is 0 Å². The van der Waals surface area contributed by atoms with E-state index in [0.717, 1.165) is 0 Å². The molecular weight excluding hydrogens is 294 g/mol. The SMILES string of the molecule is CC(=O)CCCCO[C@@H]1OC(CO)[C@@H](O)[C@H](O)C1NC(C)=O. The van der Waals surface area contributed by atoms with Gasteiger partial charge in [-0.3, -0.25) is 4.79 Å². The van der Waals surface area contributed by atoms with Gasteiger partial charge in [-0.1, -0.05) is 0 Å². The van der Waals surface area contributed by atoms with E-state index in [4.69, 9.17) is 14.6 Å². The lowest BCUT2D eigenvalue weighted by molar-refractivity contribution is -0.270. The summed E-state index contributed by atoms with van der Waals surface area (Å²) in [7, 11) is 0. The molecule has 1 saturated heterocycles. The van der Waals surface area contributed by atoms with Crippen LogP contribution in [0.2, 0.25) is 0 Å². The van der Waals surface area contributed by atoms with Gasteiger partial charge in [0.25, 0.3) is 0 Å². The van der Waals surface area contributed by atoms with Gasteiger partial charge in [-0.25, -0.2) is 0 Å². The first-order valence-corrected chi connectivity index (χ1v) is 7.37. The lowest BCUT2D eigenvalue weighted by atomic mass is 9.97. The Hall–Kier alpha value is -1.06. The highest BCUT2D eigenvalue weighted by Crippen LogP contribution is 2.22. The van der Waals surface area contributed by atoms with Crippen molar-refractivity contribution in [2.75, 3.05) is 13.2 Å². The van der Waals surface area contributed by atoms with E-state index in [-0.39, 0.29) is 12.4 Å². The van der Waals surface area contributed by atoms with E-state index in [9.17, 15) is 19.8 Å². The summed E-state index contributed by atoms with van der Waals surface area (Å²) in [6.07, 6.45) is -2.84. The van der Waals surface area contributed by atoms with Crippen LogP contribution in [0.5, 0.6) is 0 Å². The number of amides is 1. The van der Waals surface area contributed by atoms with Crippen molar-refractivity contribution in [2.24, 2.45) is 0 Å². The highest BCUT2D eigenvalue weighted by atomic mass is 16.7. The third-order valence-corrected chi connectivity index (χ3v) is 3.46. The third-order valence-electron chi connectivity index (χ3n) is 3.46. The standard InChI is InChI=1S/C14H25NO7/c1-8(17)5-3-4-6-21-14-11(15-9(2)18)13(20)12(19)10(7-16)22-14/h10-14,16,19-20H,3-7H2,1-2H3,(H,15,18)/t10?,11?,12-,13-,14-/m1/s1. The van der Waals surface area contributed by atoms with Crippen molar-refractivity contribution < 1.29 is 34.4 Å². The summed E-state index contributed by atoms with van der Waals surface area (Å²) in [6.45, 7) is 2.59. The second-order valence-electron chi connectivity index (χ2n) is 5.46. The Bertz CT molecular complexity index is 376. The summed E-state index contributed by atoms with van der Waals surface area (Å²) in [6, 6.07) is -0.928. The summed E-state index contributed by atoms with van der Waals surface area (Å²) < 4.78 is 10.9. The summed E-state index contributed by atoms with van der Waals surface area (Å²) in [5.74, 6) is -0.295. The largest absolute Gasteiger partial charge is 0.394 e. The molecule has 0 saturated carbocycles. The number of hydrogen-bond donors (Lipinski definition) is 4. The van der Waals surface area contributed by atoms with Crippen LogP contribution in [0, 0.1) is 0 Å². The fourth-order valence-electron chi connectivity index (χ4n) is 2.29. The van der Waals surface area contributed by atoms with Crippen LogP contribution in [0.15, 0.2) is 0 Å². The van der Waals surface area contributed by atoms with Gasteiger partial charge in [0.2, 0.25) is 5.91 Å². The normalized spacial score (nSPS) is 31.8. The van der Waals surface area contributed by atoms with Crippen molar-refractivity contribution >= 4 is 11.7 Å². The van der Waals surface area contributed by atoms with Crippen molar-refractivity contribution in [3.05, 3.63) is 0 Å². The molecule has 1 rings (SSSR count). The number of Topliss-reactive ketones (excluding diaryl/α,β-unsaturated/α-hetero) is 1. The Morgan fingerprint density at radius 2 is 1.86 bits per heavy atom. The number of ether oxygens (including phenoxy) is 2. The zero-order valence-electron chi connectivity index (χ0n) is 12.9. The summed E-state index contributed by atoms with van der Waals surface area (Å²) >= 11 is 0. The molecule has 0 bridgehead atoms. The Kier molecular flexibility index (Phi) is 7.91. The molecule has 1 heterocycles. The van der Waals surface area contributed by atoms with Crippen molar-refractivity contribution in [2.45, 2.75) is 63.8 Å². The minimum Gasteiger partial charge on any atom is -0.394 e. The van der Waals surface area contributed by atoms with Gasteiger partial charge in [-0.15, -0.1) is 0 Å². The molecule has 0 aromatic rings. The molecule has 4 N–H and O–H groups in total. The van der Waals surface area contributed by atoms with Crippen molar-refractivity contribution in [1.82, 2.24) is 5.32 Å². The Morgan fingerprint density at radius 1 is 1.18 bits per heavy atom. The molecule has 2 unspecified atom stereocenters. The van der Waals surface area contributed by atoms with E-state index in [1.54, 1.807) is 0 Å². The minimum absolute atomic E-state index is 0.101. The number of unbranched alkanes of at least 4 members (excludes halogenated alkanes) is 1. The quantitative estimate of drug-likeness (QED) is 0.410. The number of aliphatic hydroxyl groups excluding tert-OH is 3. The summed E-state index contributed by atoms with van der Waals surface area (Å²) in [5, 5.41) is 31.5. The fourth-order valence-corrected chi connectivity index (χ4v) is 2.29. The molecule has 1 aliphatic heterocycles. The van der Waals surface area contributed by atoms with Gasteiger partial charge in [-0.2, -0.15) is 0 Å². The fraction of sp³-hybridized carbons (Fsp3) is 0.857. The molecule has 1 aliphatic rings. The van der Waals surface area contributed by atoms with Crippen molar-refractivity contribution in [1.29, 1.82) is 0 Å². The van der Waals surface area contributed by atoms with E-state index < -0.39 is 43.2 Å². The molecule has 0 aliphatic carbocycles. The van der Waals surface area contributed by atoms with Crippen LogP contribution < -0.4 is 5.32 Å². The number of nitrogens with one attached hydrogen (secondary N) is 1. The van der Waals surface area contributed by atoms with Crippen LogP contribution in [0.25, 0.3) is 0 Å². The molecule has 0 spiro atoms. The summed E-state index contributed by atoms with van der Waals surface area (Å²) in [5.41, 5.74) is 0. The predicted octanol–water partition coefficient (Wildman–Crippen LogP) is -1.29. The van der Waals surface area contributed by atoms with Gasteiger partial charge in [0.15, 0.2) is 6.29 Å². The van der Waals surface area contributed by atoms with Crippen LogP contribution in [0.1, 0.15) is 33.1 Å². The molecule has 1 fully saturated rings. The van der Waals surface area contributed by atoms with Crippen LogP contribution >= 0.6 is 0 Å². The van der Waals surface area contributed by atoms with Gasteiger partial charge >= 0.3 is 0 Å². The molecule has 1 amide bonds. The molecule has 128 valence electrons. The first-order valence-electron chi connectivity index (χ1n) is 7.37. The van der Waals surface area contributed by atoms with E-state index >= 15 is 0 Å². The minimum atomic E-state index is -1.32. The Balaban J connectivity index is 2.57. The van der Waals surface area contributed by atoms with E-state index in [1.807, 2.05) is 0 Å². The molecule has 8 heteroatoms. The zero-order chi connectivity index (χ0) is 16.7. The molecular formula is C14H25NO7. The van der Waals surface area contributed by atoms with Crippen molar-refractivity contribution in [3.8, 4) is 0 Å². The number of carbonyl (C=O) groups excluding carboxylic acids is 2. The average Bonchev–Trinajstić information content (AvgIpc) is 2.45. The molecule has 0 radical (unpaired) electrons. The smallest absolute Gasteiger partial charge is 0.217 e. The lowest BCUT2D eigenvalue weighted by Gasteiger charge is -2.42. The molecule has 8 nitrogen and oxygen atoms in total. The number of hydrogen-bond acceptors (Lipinski definition) is 7. The van der Waals surface area contributed by atoms with Gasteiger partial charge in [0.1, 0.15) is 30.1 Å². The first-order chi connectivity index (χ1) is 10.4. The van der Waals surface area contributed by atoms with Gasteiger partial charge in [-0.05, 0) is 19.8 Å². The van der Waals surface area contributed by atoms with E-state index in [2.05, 4.69) is 5.32 Å². The van der Waals surface area contributed by atoms with E-state index in [0.29, 0.717) is 19.3 Å². The third kappa shape index (κ3) is 5.62. The topological polar surface area (TPSA) is 125 Å². The van der Waals surface area contributed by atoms with E-state index in [1.165, 1.54) is 13.8 Å². The maximum Gasteiger partial charge on any atom is 0.217 e. The van der Waals surface area contributed by atoms with Gasteiger partial charge < -0.3 is 34.9 Å². The van der Waals surface area contributed by atoms with Crippen LogP contribution in [-0.4, -0.2) is 70.9 Å². The number of rotatable bonds is 8. The average molecular weight is 319 g/mol. The lowest BCUT2D eigenvalue weighted by Crippen LogP contribution is -2.64. The molecule has 0 aromatic heterocycles. The maximum atomic E-state index is 11.2. The maximum absolute atomic E-state index is 11.2. The molecule has 22 heavy (non-hydrogen) atoms. The number of ketones is 1. The highest BCUT2D eigenvalue weighted by Gasteiger charge is 2.45. The van der Waals surface area contributed by atoms with Crippen LogP contribution in [0.3, 0.4) is 0 Å². The van der Waals surface area contributed by atoms with Crippen LogP contribution in [-0.2, 0) is 19.1 Å². The second-order valence-corrected chi connectivity index (χ2v) is 5.46. The Labute approximate surface area is 129 Å². The Morgan fingerprint density at radius 3 is 2.41 bits per heavy atom. The highest BCUT2D eigenvalue weighted by molar-refractivity contribution is 5.75. The summed E-state index contributed by atoms with van der Waals surface area (Å²) in [4.78, 5) is 22.1. The molecule has 5 atom stereocenters. The monoisotopic (exact) mass is 319 g/mol.